The van der Waals surface area contributed by atoms with E-state index in [2.05, 4.69) is 17.2 Å². The summed E-state index contributed by atoms with van der Waals surface area (Å²) in [7, 11) is 1.65. The minimum Gasteiger partial charge on any atom is -0.497 e. The third kappa shape index (κ3) is 3.86. The van der Waals surface area contributed by atoms with Crippen molar-refractivity contribution in [2.75, 3.05) is 19.4 Å². The van der Waals surface area contributed by atoms with Crippen LogP contribution < -0.4 is 15.8 Å². The van der Waals surface area contributed by atoms with Crippen LogP contribution in [0.15, 0.2) is 36.5 Å². The molecule has 1 aromatic carbocycles. The van der Waals surface area contributed by atoms with E-state index in [1.807, 2.05) is 30.3 Å². The Kier molecular flexibility index (Phi) is 5.42. The molecule has 21 heavy (non-hydrogen) atoms. The Hall–Kier alpha value is -1.78. The highest BCUT2D eigenvalue weighted by atomic mass is 35.5. The predicted octanol–water partition coefficient (Wildman–Crippen LogP) is 3.41. The average Bonchev–Trinajstić information content (AvgIpc) is 2.51. The minimum atomic E-state index is -0.0398. The number of halogens is 1. The fourth-order valence-electron chi connectivity index (χ4n) is 2.19. The molecule has 3 N–H and O–H groups in total. The maximum atomic E-state index is 6.06. The first kappa shape index (κ1) is 15.6. The number of pyridine rings is 1. The summed E-state index contributed by atoms with van der Waals surface area (Å²) in [6.07, 6.45) is 2.59. The van der Waals surface area contributed by atoms with Crippen molar-refractivity contribution in [1.29, 1.82) is 0 Å². The SMILES string of the molecule is CCCNC(c1ccc(OC)cc1)c1cc(Cl)cnc1N. The highest BCUT2D eigenvalue weighted by molar-refractivity contribution is 6.30. The number of rotatable bonds is 6. The van der Waals surface area contributed by atoms with Gasteiger partial charge in [0.25, 0.3) is 0 Å². The van der Waals surface area contributed by atoms with Gasteiger partial charge in [-0.05, 0) is 36.7 Å². The number of nitrogens with two attached hydrogens (primary N) is 1. The zero-order valence-electron chi connectivity index (χ0n) is 12.3. The van der Waals surface area contributed by atoms with Gasteiger partial charge in [0.05, 0.1) is 18.2 Å². The van der Waals surface area contributed by atoms with Crippen LogP contribution in [0.3, 0.4) is 0 Å². The molecule has 1 aromatic heterocycles. The second kappa shape index (κ2) is 7.29. The normalized spacial score (nSPS) is 12.1. The Morgan fingerprint density at radius 3 is 2.67 bits per heavy atom. The van der Waals surface area contributed by atoms with E-state index >= 15 is 0 Å². The largest absolute Gasteiger partial charge is 0.497 e. The average molecular weight is 306 g/mol. The molecule has 1 unspecified atom stereocenters. The molecular weight excluding hydrogens is 286 g/mol. The van der Waals surface area contributed by atoms with Gasteiger partial charge < -0.3 is 15.8 Å². The molecule has 0 spiro atoms. The van der Waals surface area contributed by atoms with Crippen molar-refractivity contribution in [1.82, 2.24) is 10.3 Å². The Morgan fingerprint density at radius 1 is 1.33 bits per heavy atom. The van der Waals surface area contributed by atoms with Crippen molar-refractivity contribution in [3.8, 4) is 5.75 Å². The Morgan fingerprint density at radius 2 is 2.05 bits per heavy atom. The molecule has 2 rings (SSSR count). The molecule has 112 valence electrons. The summed E-state index contributed by atoms with van der Waals surface area (Å²) in [5, 5.41) is 4.07. The first-order valence-electron chi connectivity index (χ1n) is 6.94. The number of ether oxygens (including phenoxy) is 1. The van der Waals surface area contributed by atoms with Crippen LogP contribution in [0.4, 0.5) is 5.82 Å². The summed E-state index contributed by atoms with van der Waals surface area (Å²) in [4.78, 5) is 4.15. The van der Waals surface area contributed by atoms with Gasteiger partial charge >= 0.3 is 0 Å². The van der Waals surface area contributed by atoms with Gasteiger partial charge in [-0.2, -0.15) is 0 Å². The van der Waals surface area contributed by atoms with Gasteiger partial charge in [-0.15, -0.1) is 0 Å². The van der Waals surface area contributed by atoms with Gasteiger partial charge in [0.15, 0.2) is 0 Å². The number of aromatic nitrogens is 1. The molecule has 0 saturated carbocycles. The van der Waals surface area contributed by atoms with Crippen LogP contribution in [0.5, 0.6) is 5.75 Å². The van der Waals surface area contributed by atoms with E-state index in [0.29, 0.717) is 10.8 Å². The van der Waals surface area contributed by atoms with Gasteiger partial charge in [-0.1, -0.05) is 30.7 Å². The second-order valence-corrected chi connectivity index (χ2v) is 5.22. The molecule has 5 heteroatoms. The number of anilines is 1. The van der Waals surface area contributed by atoms with Crippen molar-refractivity contribution in [2.24, 2.45) is 0 Å². The third-order valence-corrected chi connectivity index (χ3v) is 3.48. The number of benzene rings is 1. The highest BCUT2D eigenvalue weighted by Crippen LogP contribution is 2.29. The summed E-state index contributed by atoms with van der Waals surface area (Å²) in [5.41, 5.74) is 8.01. The smallest absolute Gasteiger partial charge is 0.128 e. The lowest BCUT2D eigenvalue weighted by molar-refractivity contribution is 0.414. The number of nitrogens with zero attached hydrogens (tertiary/aromatic N) is 1. The lowest BCUT2D eigenvalue weighted by Crippen LogP contribution is -2.24. The van der Waals surface area contributed by atoms with Crippen LogP contribution >= 0.6 is 11.6 Å². The lowest BCUT2D eigenvalue weighted by Gasteiger charge is -2.21. The van der Waals surface area contributed by atoms with Crippen LogP contribution in [0.1, 0.15) is 30.5 Å². The fraction of sp³-hybridized carbons (Fsp3) is 0.312. The van der Waals surface area contributed by atoms with Crippen molar-refractivity contribution >= 4 is 17.4 Å². The second-order valence-electron chi connectivity index (χ2n) is 4.79. The van der Waals surface area contributed by atoms with E-state index in [-0.39, 0.29) is 6.04 Å². The maximum absolute atomic E-state index is 6.06. The van der Waals surface area contributed by atoms with Gasteiger partial charge in [0.2, 0.25) is 0 Å². The molecule has 0 bridgehead atoms. The molecular formula is C16H20ClN3O. The minimum absolute atomic E-state index is 0.0398. The summed E-state index contributed by atoms with van der Waals surface area (Å²) < 4.78 is 5.20. The zero-order chi connectivity index (χ0) is 15.2. The van der Waals surface area contributed by atoms with Crippen molar-refractivity contribution in [2.45, 2.75) is 19.4 Å². The van der Waals surface area contributed by atoms with E-state index < -0.39 is 0 Å². The van der Waals surface area contributed by atoms with Crippen LogP contribution in [0.2, 0.25) is 5.02 Å². The zero-order valence-corrected chi connectivity index (χ0v) is 13.0. The predicted molar refractivity (Wildman–Crippen MR) is 86.8 cm³/mol. The van der Waals surface area contributed by atoms with Crippen molar-refractivity contribution in [3.63, 3.8) is 0 Å². The summed E-state index contributed by atoms with van der Waals surface area (Å²) >= 11 is 6.06. The van der Waals surface area contributed by atoms with Gasteiger partial charge in [0.1, 0.15) is 11.6 Å². The molecule has 4 nitrogen and oxygen atoms in total. The number of hydrogen-bond donors (Lipinski definition) is 2. The standard InChI is InChI=1S/C16H20ClN3O/c1-3-8-19-15(11-4-6-13(21-2)7-5-11)14-9-12(17)10-20-16(14)18/h4-7,9-10,15,19H,3,8H2,1-2H3,(H2,18,20). The molecule has 0 amide bonds. The number of nitrogen functional groups attached to an aromatic ring is 1. The quantitative estimate of drug-likeness (QED) is 0.858. The Balaban J connectivity index is 2.38. The van der Waals surface area contributed by atoms with Gasteiger partial charge in [-0.25, -0.2) is 4.98 Å². The Bertz CT molecular complexity index is 587. The molecule has 0 fully saturated rings. The summed E-state index contributed by atoms with van der Waals surface area (Å²) in [6, 6.07) is 9.73. The lowest BCUT2D eigenvalue weighted by atomic mass is 9.99. The highest BCUT2D eigenvalue weighted by Gasteiger charge is 2.17. The van der Waals surface area contributed by atoms with Gasteiger partial charge in [0, 0.05) is 11.8 Å². The Labute approximate surface area is 130 Å². The topological polar surface area (TPSA) is 60.2 Å². The van der Waals surface area contributed by atoms with E-state index in [1.54, 1.807) is 13.3 Å². The first-order valence-corrected chi connectivity index (χ1v) is 7.31. The van der Waals surface area contributed by atoms with Crippen molar-refractivity contribution < 1.29 is 4.74 Å². The monoisotopic (exact) mass is 305 g/mol. The van der Waals surface area contributed by atoms with E-state index in [0.717, 1.165) is 29.8 Å². The van der Waals surface area contributed by atoms with E-state index in [4.69, 9.17) is 22.1 Å². The number of hydrogen-bond acceptors (Lipinski definition) is 4. The van der Waals surface area contributed by atoms with E-state index in [9.17, 15) is 0 Å². The molecule has 0 radical (unpaired) electrons. The van der Waals surface area contributed by atoms with E-state index in [1.165, 1.54) is 0 Å². The van der Waals surface area contributed by atoms with Crippen molar-refractivity contribution in [3.05, 3.63) is 52.7 Å². The molecule has 0 aliphatic heterocycles. The third-order valence-electron chi connectivity index (χ3n) is 3.27. The number of methoxy groups -OCH3 is 1. The van der Waals surface area contributed by atoms with Crippen LogP contribution in [0, 0.1) is 0 Å². The summed E-state index contributed by atoms with van der Waals surface area (Å²) in [5.74, 6) is 1.31. The summed E-state index contributed by atoms with van der Waals surface area (Å²) in [6.45, 7) is 3.00. The van der Waals surface area contributed by atoms with Crippen LogP contribution in [0.25, 0.3) is 0 Å². The molecule has 0 aliphatic carbocycles. The first-order chi connectivity index (χ1) is 10.2. The molecule has 1 atom stereocenters. The fourth-order valence-corrected chi connectivity index (χ4v) is 2.36. The number of nitrogens with one attached hydrogen (secondary N) is 1. The maximum Gasteiger partial charge on any atom is 0.128 e. The molecule has 2 aromatic rings. The molecule has 0 saturated heterocycles. The van der Waals surface area contributed by atoms with Crippen LogP contribution in [-0.4, -0.2) is 18.6 Å². The molecule has 0 aliphatic rings. The molecule has 1 heterocycles. The van der Waals surface area contributed by atoms with Gasteiger partial charge in [-0.3, -0.25) is 0 Å². The van der Waals surface area contributed by atoms with Crippen LogP contribution in [-0.2, 0) is 0 Å².